The molecule has 1 fully saturated rings. The minimum absolute atomic E-state index is 0.0468. The second-order valence-electron chi connectivity index (χ2n) is 4.19. The number of likely N-dealkylation sites (N-methyl/N-ethyl adjacent to an activating group) is 1. The van der Waals surface area contributed by atoms with Gasteiger partial charge in [0.2, 0.25) is 5.91 Å². The van der Waals surface area contributed by atoms with Crippen molar-refractivity contribution in [3.63, 3.8) is 0 Å². The van der Waals surface area contributed by atoms with Gasteiger partial charge in [-0.15, -0.1) is 0 Å². The average molecular weight is 213 g/mol. The molecule has 0 spiro atoms. The summed E-state index contributed by atoms with van der Waals surface area (Å²) in [5, 5.41) is 2.82. The molecular formula is C12H23NO2. The predicted molar refractivity (Wildman–Crippen MR) is 60.7 cm³/mol. The molecule has 0 aromatic carbocycles. The molecule has 0 aliphatic heterocycles. The summed E-state index contributed by atoms with van der Waals surface area (Å²) in [7, 11) is 0. The van der Waals surface area contributed by atoms with Crippen LogP contribution in [0.3, 0.4) is 0 Å². The van der Waals surface area contributed by atoms with Crippen molar-refractivity contribution in [3.8, 4) is 0 Å². The lowest BCUT2D eigenvalue weighted by molar-refractivity contribution is -0.138. The highest BCUT2D eigenvalue weighted by molar-refractivity contribution is 5.80. The van der Waals surface area contributed by atoms with E-state index < -0.39 is 0 Å². The minimum Gasteiger partial charge on any atom is -0.365 e. The molecule has 1 saturated carbocycles. The summed E-state index contributed by atoms with van der Waals surface area (Å²) < 4.78 is 5.84. The molecule has 1 amide bonds. The Bertz CT molecular complexity index is 188. The third-order valence-electron chi connectivity index (χ3n) is 2.92. The Morgan fingerprint density at radius 1 is 1.33 bits per heavy atom. The van der Waals surface area contributed by atoms with Gasteiger partial charge in [0.25, 0.3) is 0 Å². The van der Waals surface area contributed by atoms with Crippen molar-refractivity contribution in [3.05, 3.63) is 0 Å². The van der Waals surface area contributed by atoms with Crippen LogP contribution in [-0.2, 0) is 9.53 Å². The van der Waals surface area contributed by atoms with Crippen molar-refractivity contribution < 1.29 is 9.53 Å². The molecule has 0 aromatic rings. The van der Waals surface area contributed by atoms with Crippen LogP contribution < -0.4 is 5.32 Å². The topological polar surface area (TPSA) is 38.3 Å². The van der Waals surface area contributed by atoms with Crippen LogP contribution in [-0.4, -0.2) is 24.7 Å². The molecule has 1 N–H and O–H groups in total. The largest absolute Gasteiger partial charge is 0.365 e. The molecule has 0 bridgehead atoms. The van der Waals surface area contributed by atoms with Crippen LogP contribution >= 0.6 is 0 Å². The van der Waals surface area contributed by atoms with Crippen LogP contribution in [0.25, 0.3) is 0 Å². The van der Waals surface area contributed by atoms with Crippen LogP contribution in [0.4, 0.5) is 0 Å². The molecule has 88 valence electrons. The van der Waals surface area contributed by atoms with E-state index in [1.165, 1.54) is 19.3 Å². The third kappa shape index (κ3) is 4.20. The smallest absolute Gasteiger partial charge is 0.249 e. The van der Waals surface area contributed by atoms with E-state index >= 15 is 0 Å². The maximum atomic E-state index is 11.6. The van der Waals surface area contributed by atoms with Crippen LogP contribution in [0.5, 0.6) is 0 Å². The molecule has 0 aromatic heterocycles. The first-order valence-electron chi connectivity index (χ1n) is 6.21. The summed E-state index contributed by atoms with van der Waals surface area (Å²) in [5.41, 5.74) is 0. The number of hydrogen-bond donors (Lipinski definition) is 1. The summed E-state index contributed by atoms with van der Waals surface area (Å²) in [6.07, 6.45) is 6.89. The van der Waals surface area contributed by atoms with Crippen molar-refractivity contribution in [1.82, 2.24) is 5.32 Å². The monoisotopic (exact) mass is 213 g/mol. The van der Waals surface area contributed by atoms with E-state index in [9.17, 15) is 4.79 Å². The lowest BCUT2D eigenvalue weighted by Crippen LogP contribution is -2.38. The van der Waals surface area contributed by atoms with E-state index in [1.54, 1.807) is 0 Å². The Morgan fingerprint density at radius 2 is 2.00 bits per heavy atom. The molecule has 0 radical (unpaired) electrons. The maximum Gasteiger partial charge on any atom is 0.249 e. The predicted octanol–water partition coefficient (Wildman–Crippen LogP) is 2.25. The van der Waals surface area contributed by atoms with Gasteiger partial charge in [-0.05, 0) is 26.2 Å². The van der Waals surface area contributed by atoms with Gasteiger partial charge in [-0.2, -0.15) is 0 Å². The highest BCUT2D eigenvalue weighted by atomic mass is 16.5. The van der Waals surface area contributed by atoms with E-state index in [4.69, 9.17) is 4.74 Å². The molecule has 1 atom stereocenters. The molecule has 0 saturated heterocycles. The number of hydrogen-bond acceptors (Lipinski definition) is 2. The van der Waals surface area contributed by atoms with Crippen molar-refractivity contribution in [2.45, 2.75) is 64.6 Å². The van der Waals surface area contributed by atoms with Crippen LogP contribution in [0.2, 0.25) is 0 Å². The summed E-state index contributed by atoms with van der Waals surface area (Å²) >= 11 is 0. The van der Waals surface area contributed by atoms with Crippen molar-refractivity contribution >= 4 is 5.91 Å². The first kappa shape index (κ1) is 12.5. The van der Waals surface area contributed by atoms with Crippen molar-refractivity contribution in [2.75, 3.05) is 6.54 Å². The fourth-order valence-corrected chi connectivity index (χ4v) is 2.07. The number of carbonyl (C=O) groups excluding carboxylic acids is 1. The van der Waals surface area contributed by atoms with E-state index in [1.807, 2.05) is 13.8 Å². The van der Waals surface area contributed by atoms with Crippen molar-refractivity contribution in [1.29, 1.82) is 0 Å². The first-order chi connectivity index (χ1) is 7.27. The fourth-order valence-electron chi connectivity index (χ4n) is 2.07. The van der Waals surface area contributed by atoms with Crippen LogP contribution in [0.15, 0.2) is 0 Å². The third-order valence-corrected chi connectivity index (χ3v) is 2.92. The average Bonchev–Trinajstić information content (AvgIpc) is 2.27. The molecule has 1 aliphatic carbocycles. The number of nitrogens with one attached hydrogen (secondary N) is 1. The Hall–Kier alpha value is -0.570. The molecule has 1 aliphatic rings. The minimum atomic E-state index is -0.243. The van der Waals surface area contributed by atoms with E-state index in [2.05, 4.69) is 5.32 Å². The number of rotatable bonds is 5. The molecular weight excluding hydrogens is 190 g/mol. The summed E-state index contributed by atoms with van der Waals surface area (Å²) in [6, 6.07) is 0. The standard InChI is InChI=1S/C12H23NO2/c1-3-11(12(14)13-4-2)15-10-8-6-5-7-9-10/h10-11H,3-9H2,1-2H3,(H,13,14)/t11-/m0/s1. The molecule has 1 rings (SSSR count). The van der Waals surface area contributed by atoms with E-state index in [0.29, 0.717) is 12.6 Å². The van der Waals surface area contributed by atoms with E-state index in [-0.39, 0.29) is 12.0 Å². The number of amides is 1. The molecule has 15 heavy (non-hydrogen) atoms. The SMILES string of the molecule is CCNC(=O)[C@H](CC)OC1CCCCC1. The Labute approximate surface area is 92.6 Å². The van der Waals surface area contributed by atoms with Crippen LogP contribution in [0.1, 0.15) is 52.4 Å². The fraction of sp³-hybridized carbons (Fsp3) is 0.917. The molecule has 0 unspecified atom stereocenters. The molecule has 3 heteroatoms. The Balaban J connectivity index is 2.34. The Morgan fingerprint density at radius 3 is 2.53 bits per heavy atom. The zero-order valence-electron chi connectivity index (χ0n) is 9.92. The first-order valence-corrected chi connectivity index (χ1v) is 6.21. The summed E-state index contributed by atoms with van der Waals surface area (Å²) in [4.78, 5) is 11.6. The van der Waals surface area contributed by atoms with E-state index in [0.717, 1.165) is 19.3 Å². The quantitative estimate of drug-likeness (QED) is 0.760. The number of ether oxygens (including phenoxy) is 1. The zero-order valence-corrected chi connectivity index (χ0v) is 9.92. The lowest BCUT2D eigenvalue weighted by Gasteiger charge is -2.26. The molecule has 3 nitrogen and oxygen atoms in total. The van der Waals surface area contributed by atoms with Crippen molar-refractivity contribution in [2.24, 2.45) is 0 Å². The van der Waals surface area contributed by atoms with Crippen LogP contribution in [0, 0.1) is 0 Å². The molecule has 0 heterocycles. The summed E-state index contributed by atoms with van der Waals surface area (Å²) in [5.74, 6) is 0.0468. The maximum absolute atomic E-state index is 11.6. The van der Waals surface area contributed by atoms with Gasteiger partial charge in [-0.1, -0.05) is 26.2 Å². The summed E-state index contributed by atoms with van der Waals surface area (Å²) in [6.45, 7) is 4.62. The lowest BCUT2D eigenvalue weighted by atomic mass is 9.97. The van der Waals surface area contributed by atoms with Gasteiger partial charge >= 0.3 is 0 Å². The van der Waals surface area contributed by atoms with Gasteiger partial charge < -0.3 is 10.1 Å². The van der Waals surface area contributed by atoms with Gasteiger partial charge in [0.05, 0.1) is 6.10 Å². The highest BCUT2D eigenvalue weighted by Gasteiger charge is 2.22. The normalized spacial score (nSPS) is 19.9. The van der Waals surface area contributed by atoms with Gasteiger partial charge in [0.1, 0.15) is 6.10 Å². The Kier molecular flexibility index (Phi) is 5.69. The van der Waals surface area contributed by atoms with Gasteiger partial charge in [0, 0.05) is 6.54 Å². The van der Waals surface area contributed by atoms with Gasteiger partial charge in [-0.3, -0.25) is 4.79 Å². The second-order valence-corrected chi connectivity index (χ2v) is 4.19. The van der Waals surface area contributed by atoms with Gasteiger partial charge in [0.15, 0.2) is 0 Å². The highest BCUT2D eigenvalue weighted by Crippen LogP contribution is 2.22. The second kappa shape index (κ2) is 6.83. The zero-order chi connectivity index (χ0) is 11.1. The number of carbonyl (C=O) groups is 1. The van der Waals surface area contributed by atoms with Gasteiger partial charge in [-0.25, -0.2) is 0 Å².